The molecule has 0 radical (unpaired) electrons. The molecule has 0 amide bonds. The van der Waals surface area contributed by atoms with E-state index in [0.29, 0.717) is 0 Å². The van der Waals surface area contributed by atoms with Crippen LogP contribution in [0.2, 0.25) is 0 Å². The summed E-state index contributed by atoms with van der Waals surface area (Å²) in [7, 11) is 0. The summed E-state index contributed by atoms with van der Waals surface area (Å²) in [4.78, 5) is 0. The fourth-order valence-corrected chi connectivity index (χ4v) is 16.0. The molecule has 0 unspecified atom stereocenters. The highest BCUT2D eigenvalue weighted by Gasteiger charge is 2.23. The molecule has 0 saturated carbocycles. The Morgan fingerprint density at radius 3 is 1.31 bits per heavy atom. The Morgan fingerprint density at radius 2 is 0.625 bits per heavy atom. The smallest absolute Gasteiger partial charge is 0.0434 e. The van der Waals surface area contributed by atoms with E-state index in [2.05, 4.69) is 279 Å². The molecule has 15 aromatic carbocycles. The summed E-state index contributed by atoms with van der Waals surface area (Å²) < 4.78 is 5.22. The highest BCUT2D eigenvalue weighted by molar-refractivity contribution is 7.26. The summed E-state index contributed by atoms with van der Waals surface area (Å²) in [5.74, 6) is 0. The van der Waals surface area contributed by atoms with Gasteiger partial charge < -0.3 is 0 Å². The average molecular weight is 1050 g/mol. The Morgan fingerprint density at radius 1 is 0.175 bits per heavy atom. The van der Waals surface area contributed by atoms with Gasteiger partial charge in [-0.2, -0.15) is 0 Å². The maximum atomic E-state index is 2.46. The molecule has 0 nitrogen and oxygen atoms in total. The van der Waals surface area contributed by atoms with Crippen LogP contribution in [0.25, 0.3) is 172 Å². The van der Waals surface area contributed by atoms with Crippen LogP contribution in [0.1, 0.15) is 0 Å². The van der Waals surface area contributed by atoms with Crippen LogP contribution < -0.4 is 0 Å². The van der Waals surface area contributed by atoms with E-state index in [1.165, 1.54) is 172 Å². The van der Waals surface area contributed by atoms with Crippen molar-refractivity contribution in [3.8, 4) is 66.8 Å². The molecule has 0 atom stereocenters. The van der Waals surface area contributed by atoms with Gasteiger partial charge in [-0.25, -0.2) is 0 Å². The van der Waals surface area contributed by atoms with E-state index in [0.717, 1.165) is 0 Å². The Hall–Kier alpha value is -9.70. The van der Waals surface area contributed by atoms with Crippen molar-refractivity contribution in [3.63, 3.8) is 0 Å². The standard InChI is InChI=1S/C78H46S2/c1-2-20-49-42-53(39-38-47(49)18-1)74-61-28-7-11-32-65(61)76(66-33-12-8-29-62(66)74)68-36-17-35-67-57-41-40-50(46-72(57)80-77(67)68)54-44-69(78-70(45-54)56-25-13-14-37-71(56)79-78)51-22-15-23-52(43-51)73-59-26-5-9-30-63(59)75(64-31-10-6-27-60(64)73)58-34-16-21-48-19-3-4-24-55(48)58/h1-46H. The normalized spacial score (nSPS) is 12.0. The quantitative estimate of drug-likeness (QED) is 0.146. The zero-order valence-electron chi connectivity index (χ0n) is 43.4. The van der Waals surface area contributed by atoms with E-state index in [4.69, 9.17) is 0 Å². The van der Waals surface area contributed by atoms with Crippen molar-refractivity contribution in [2.75, 3.05) is 0 Å². The second-order valence-electron chi connectivity index (χ2n) is 21.3. The van der Waals surface area contributed by atoms with Gasteiger partial charge in [-0.05, 0) is 157 Å². The van der Waals surface area contributed by atoms with E-state index in [1.807, 2.05) is 22.7 Å². The minimum Gasteiger partial charge on any atom is -0.135 e. The van der Waals surface area contributed by atoms with Crippen LogP contribution in [0.5, 0.6) is 0 Å². The van der Waals surface area contributed by atoms with Crippen molar-refractivity contribution >= 4 is 128 Å². The molecule has 0 spiro atoms. The first-order valence-corrected chi connectivity index (χ1v) is 29.2. The molecule has 0 fully saturated rings. The maximum absolute atomic E-state index is 2.46. The fraction of sp³-hybridized carbons (Fsp3) is 0. The van der Waals surface area contributed by atoms with Gasteiger partial charge in [0.05, 0.1) is 0 Å². The molecule has 80 heavy (non-hydrogen) atoms. The molecule has 2 heterocycles. The van der Waals surface area contributed by atoms with Gasteiger partial charge in [-0.15, -0.1) is 22.7 Å². The maximum Gasteiger partial charge on any atom is 0.0434 e. The van der Waals surface area contributed by atoms with Gasteiger partial charge in [0.1, 0.15) is 0 Å². The topological polar surface area (TPSA) is 0 Å². The van der Waals surface area contributed by atoms with Crippen LogP contribution in [0.4, 0.5) is 0 Å². The molecule has 0 aliphatic carbocycles. The van der Waals surface area contributed by atoms with Gasteiger partial charge in [0, 0.05) is 51.5 Å². The van der Waals surface area contributed by atoms with E-state index in [1.54, 1.807) is 0 Å². The summed E-state index contributed by atoms with van der Waals surface area (Å²) in [6.07, 6.45) is 0. The lowest BCUT2D eigenvalue weighted by molar-refractivity contribution is 1.64. The molecule has 0 saturated heterocycles. The first-order valence-electron chi connectivity index (χ1n) is 27.5. The van der Waals surface area contributed by atoms with Crippen molar-refractivity contribution in [2.45, 2.75) is 0 Å². The van der Waals surface area contributed by atoms with Crippen LogP contribution in [0.3, 0.4) is 0 Å². The molecule has 17 aromatic rings. The van der Waals surface area contributed by atoms with Gasteiger partial charge in [0.25, 0.3) is 0 Å². The molecule has 17 rings (SSSR count). The monoisotopic (exact) mass is 1050 g/mol. The predicted molar refractivity (Wildman–Crippen MR) is 350 cm³/mol. The predicted octanol–water partition coefficient (Wildman–Crippen LogP) is 23.3. The van der Waals surface area contributed by atoms with Crippen molar-refractivity contribution in [2.24, 2.45) is 0 Å². The second-order valence-corrected chi connectivity index (χ2v) is 23.5. The third-order valence-electron chi connectivity index (χ3n) is 17.0. The third kappa shape index (κ3) is 6.93. The summed E-state index contributed by atoms with van der Waals surface area (Å²) in [6, 6.07) is 105. The lowest BCUT2D eigenvalue weighted by Gasteiger charge is -2.19. The van der Waals surface area contributed by atoms with Gasteiger partial charge >= 0.3 is 0 Å². The largest absolute Gasteiger partial charge is 0.135 e. The minimum absolute atomic E-state index is 1.21. The van der Waals surface area contributed by atoms with Crippen molar-refractivity contribution in [3.05, 3.63) is 279 Å². The van der Waals surface area contributed by atoms with E-state index < -0.39 is 0 Å². The highest BCUT2D eigenvalue weighted by Crippen LogP contribution is 2.51. The first kappa shape index (κ1) is 45.3. The Bertz CT molecular complexity index is 5320. The Balaban J connectivity index is 0.835. The average Bonchev–Trinajstić information content (AvgIpc) is 4.14. The van der Waals surface area contributed by atoms with Crippen molar-refractivity contribution in [1.82, 2.24) is 0 Å². The van der Waals surface area contributed by atoms with Gasteiger partial charge in [0.2, 0.25) is 0 Å². The van der Waals surface area contributed by atoms with E-state index in [-0.39, 0.29) is 0 Å². The molecule has 0 N–H and O–H groups in total. The van der Waals surface area contributed by atoms with Crippen LogP contribution >= 0.6 is 22.7 Å². The van der Waals surface area contributed by atoms with Crippen LogP contribution in [-0.2, 0) is 0 Å². The fourth-order valence-electron chi connectivity index (χ4n) is 13.5. The summed E-state index contributed by atoms with van der Waals surface area (Å²) >= 11 is 3.83. The number of thiophene rings is 2. The van der Waals surface area contributed by atoms with Crippen molar-refractivity contribution in [1.29, 1.82) is 0 Å². The van der Waals surface area contributed by atoms with Gasteiger partial charge in [0.15, 0.2) is 0 Å². The van der Waals surface area contributed by atoms with Gasteiger partial charge in [-0.1, -0.05) is 243 Å². The zero-order chi connectivity index (χ0) is 52.4. The van der Waals surface area contributed by atoms with Crippen LogP contribution in [0.15, 0.2) is 279 Å². The number of fused-ring (bicyclic) bond motifs is 12. The van der Waals surface area contributed by atoms with Crippen molar-refractivity contribution < 1.29 is 0 Å². The third-order valence-corrected chi connectivity index (χ3v) is 19.4. The molecule has 0 aliphatic heterocycles. The SMILES string of the molecule is c1cc(-c2c3ccccc3c(-c3cccc4ccccc34)c3ccccc23)cc(-c2cc(-c3ccc4c(c3)sc3c(-c5c6ccccc6c(-c6ccc7ccccc7c6)c6ccccc56)cccc34)cc3c2sc2ccccc23)c1. The van der Waals surface area contributed by atoms with E-state index >= 15 is 0 Å². The molecule has 2 aromatic heterocycles. The first-order chi connectivity index (χ1) is 39.7. The lowest BCUT2D eigenvalue weighted by atomic mass is 9.84. The number of rotatable bonds is 6. The highest BCUT2D eigenvalue weighted by atomic mass is 32.1. The second kappa shape index (κ2) is 17.9. The molecule has 370 valence electrons. The molecule has 0 aliphatic rings. The van der Waals surface area contributed by atoms with Crippen LogP contribution in [-0.4, -0.2) is 0 Å². The number of benzene rings is 15. The minimum atomic E-state index is 1.21. The number of hydrogen-bond donors (Lipinski definition) is 0. The molecular formula is C78H46S2. The number of hydrogen-bond acceptors (Lipinski definition) is 2. The molecule has 2 heteroatoms. The molecular weight excluding hydrogens is 1000 g/mol. The van der Waals surface area contributed by atoms with E-state index in [9.17, 15) is 0 Å². The summed E-state index contributed by atoms with van der Waals surface area (Å²) in [5, 5.41) is 20.3. The summed E-state index contributed by atoms with van der Waals surface area (Å²) in [6.45, 7) is 0. The Kier molecular flexibility index (Phi) is 10.2. The zero-order valence-corrected chi connectivity index (χ0v) is 45.0. The van der Waals surface area contributed by atoms with Gasteiger partial charge in [-0.3, -0.25) is 0 Å². The lowest BCUT2D eigenvalue weighted by Crippen LogP contribution is -1.92. The molecule has 0 bridgehead atoms. The Labute approximate surface area is 470 Å². The van der Waals surface area contributed by atoms with Crippen LogP contribution in [0, 0.1) is 0 Å². The summed E-state index contributed by atoms with van der Waals surface area (Å²) in [5.41, 5.74) is 15.0.